The third kappa shape index (κ3) is 7.77. The van der Waals surface area contributed by atoms with Crippen LogP contribution in [0.1, 0.15) is 20.8 Å². The summed E-state index contributed by atoms with van der Waals surface area (Å²) >= 11 is 2.49. The molecule has 4 nitrogen and oxygen atoms in total. The van der Waals surface area contributed by atoms with Gasteiger partial charge in [-0.1, -0.05) is 0 Å². The van der Waals surface area contributed by atoms with Crippen LogP contribution in [-0.4, -0.2) is 17.5 Å². The van der Waals surface area contributed by atoms with E-state index < -0.39 is 17.5 Å². The SMILES string of the molecule is CC(C)(C)OC(=O)C=CC(=O)[O][Ag]. The Hall–Kier alpha value is -0.580. The third-order valence-corrected chi connectivity index (χ3v) is 1.12. The maximum atomic E-state index is 10.9. The van der Waals surface area contributed by atoms with E-state index in [0.717, 1.165) is 12.2 Å². The van der Waals surface area contributed by atoms with Crippen molar-refractivity contribution >= 4 is 11.9 Å². The number of carbonyl (C=O) groups is 2. The van der Waals surface area contributed by atoms with Crippen LogP contribution in [0.4, 0.5) is 0 Å². The molecule has 0 aromatic heterocycles. The Morgan fingerprint density at radius 3 is 2.00 bits per heavy atom. The molecular weight excluding hydrogens is 268 g/mol. The van der Waals surface area contributed by atoms with E-state index in [1.165, 1.54) is 0 Å². The number of hydrogen-bond acceptors (Lipinski definition) is 4. The first-order chi connectivity index (χ1) is 5.85. The second-order valence-electron chi connectivity index (χ2n) is 3.25. The number of hydrogen-bond donors (Lipinski definition) is 0. The topological polar surface area (TPSA) is 52.6 Å². The summed E-state index contributed by atoms with van der Waals surface area (Å²) in [6.45, 7) is 5.21. The average molecular weight is 279 g/mol. The summed E-state index contributed by atoms with van der Waals surface area (Å²) in [5.41, 5.74) is -0.556. The van der Waals surface area contributed by atoms with E-state index in [9.17, 15) is 9.59 Å². The molecular formula is C8H11AgO4. The van der Waals surface area contributed by atoms with Gasteiger partial charge in [0, 0.05) is 0 Å². The van der Waals surface area contributed by atoms with E-state index in [2.05, 4.69) is 24.7 Å². The summed E-state index contributed by atoms with van der Waals surface area (Å²) in [6, 6.07) is 0. The Balaban J connectivity index is 4.02. The van der Waals surface area contributed by atoms with Crippen molar-refractivity contribution < 1.29 is 39.0 Å². The van der Waals surface area contributed by atoms with E-state index in [4.69, 9.17) is 4.74 Å². The third-order valence-electron chi connectivity index (χ3n) is 0.823. The minimum atomic E-state index is -0.662. The van der Waals surface area contributed by atoms with E-state index in [0.29, 0.717) is 0 Å². The molecule has 0 aliphatic rings. The molecule has 0 radical (unpaired) electrons. The summed E-state index contributed by atoms with van der Waals surface area (Å²) in [6.07, 6.45) is 1.98. The van der Waals surface area contributed by atoms with Gasteiger partial charge in [0.1, 0.15) is 0 Å². The fourth-order valence-electron chi connectivity index (χ4n) is 0.492. The first-order valence-electron chi connectivity index (χ1n) is 3.55. The van der Waals surface area contributed by atoms with Gasteiger partial charge in [0.15, 0.2) is 0 Å². The van der Waals surface area contributed by atoms with E-state index >= 15 is 0 Å². The van der Waals surface area contributed by atoms with Crippen LogP contribution in [0.15, 0.2) is 12.2 Å². The second-order valence-corrected chi connectivity index (χ2v) is 3.55. The van der Waals surface area contributed by atoms with Crippen LogP contribution in [0.3, 0.4) is 0 Å². The predicted molar refractivity (Wildman–Crippen MR) is 41.1 cm³/mol. The summed E-state index contributed by atoms with van der Waals surface area (Å²) in [4.78, 5) is 21.5. The molecule has 0 fully saturated rings. The van der Waals surface area contributed by atoms with Crippen molar-refractivity contribution in [3.05, 3.63) is 12.2 Å². The fraction of sp³-hybridized carbons (Fsp3) is 0.500. The molecule has 0 aromatic carbocycles. The van der Waals surface area contributed by atoms with Crippen molar-refractivity contribution in [2.45, 2.75) is 26.4 Å². The Labute approximate surface area is 89.7 Å². The molecule has 0 heterocycles. The Bertz CT molecular complexity index is 227. The molecule has 0 spiro atoms. The molecule has 0 aliphatic carbocycles. The number of carbonyl (C=O) groups excluding carboxylic acids is 2. The number of ether oxygens (including phenoxy) is 1. The van der Waals surface area contributed by atoms with Crippen molar-refractivity contribution in [2.75, 3.05) is 0 Å². The average Bonchev–Trinajstić information content (AvgIpc) is 1.97. The van der Waals surface area contributed by atoms with Crippen LogP contribution in [0, 0.1) is 0 Å². The van der Waals surface area contributed by atoms with Gasteiger partial charge in [-0.05, 0) is 0 Å². The van der Waals surface area contributed by atoms with Gasteiger partial charge in [-0.15, -0.1) is 0 Å². The van der Waals surface area contributed by atoms with Crippen LogP contribution < -0.4 is 0 Å². The molecule has 13 heavy (non-hydrogen) atoms. The molecule has 0 unspecified atom stereocenters. The van der Waals surface area contributed by atoms with Crippen molar-refractivity contribution in [3.63, 3.8) is 0 Å². The first-order valence-corrected chi connectivity index (χ1v) is 4.16. The van der Waals surface area contributed by atoms with E-state index in [1.54, 1.807) is 20.8 Å². The molecule has 0 N–H and O–H groups in total. The first kappa shape index (κ1) is 12.4. The molecule has 0 bridgehead atoms. The zero-order chi connectivity index (χ0) is 10.5. The summed E-state index contributed by atoms with van der Waals surface area (Å²) in [5.74, 6) is -1.24. The van der Waals surface area contributed by atoms with Gasteiger partial charge >= 0.3 is 89.5 Å². The molecule has 0 saturated heterocycles. The van der Waals surface area contributed by atoms with Crippen molar-refractivity contribution in [2.24, 2.45) is 0 Å². The minimum absolute atomic E-state index is 0.556. The van der Waals surface area contributed by atoms with Crippen molar-refractivity contribution in [1.29, 1.82) is 0 Å². The van der Waals surface area contributed by atoms with Gasteiger partial charge in [0.25, 0.3) is 0 Å². The molecule has 78 valence electrons. The maximum absolute atomic E-state index is 10.9. The van der Waals surface area contributed by atoms with Crippen molar-refractivity contribution in [3.8, 4) is 0 Å². The van der Waals surface area contributed by atoms with Crippen LogP contribution in [0.2, 0.25) is 0 Å². The molecule has 0 atom stereocenters. The van der Waals surface area contributed by atoms with Gasteiger partial charge in [0.05, 0.1) is 0 Å². The normalized spacial score (nSPS) is 11.5. The van der Waals surface area contributed by atoms with E-state index in [-0.39, 0.29) is 0 Å². The zero-order valence-corrected chi connectivity index (χ0v) is 9.07. The standard InChI is InChI=1S/C8H12O4.Ag/c1-8(2,3)12-7(11)5-4-6(9)10;/h4-5H,1-3H3,(H,9,10);/q;+1/p-1. The summed E-state index contributed by atoms with van der Waals surface area (Å²) in [7, 11) is 0. The second kappa shape index (κ2) is 5.21. The summed E-state index contributed by atoms with van der Waals surface area (Å²) < 4.78 is 8.99. The van der Waals surface area contributed by atoms with Gasteiger partial charge < -0.3 is 0 Å². The molecule has 0 rings (SSSR count). The molecule has 0 amide bonds. The van der Waals surface area contributed by atoms with Crippen LogP contribution in [-0.2, 0) is 39.0 Å². The quantitative estimate of drug-likeness (QED) is 0.428. The number of rotatable bonds is 2. The molecule has 5 heteroatoms. The van der Waals surface area contributed by atoms with Gasteiger partial charge in [-0.2, -0.15) is 0 Å². The monoisotopic (exact) mass is 278 g/mol. The Morgan fingerprint density at radius 1 is 1.15 bits per heavy atom. The fourth-order valence-corrected chi connectivity index (χ4v) is 0.593. The van der Waals surface area contributed by atoms with E-state index in [1.807, 2.05) is 0 Å². The number of esters is 1. The van der Waals surface area contributed by atoms with Crippen molar-refractivity contribution in [1.82, 2.24) is 0 Å². The molecule has 0 saturated carbocycles. The Kier molecular flexibility index (Phi) is 4.98. The summed E-state index contributed by atoms with van der Waals surface area (Å²) in [5, 5.41) is 0. The van der Waals surface area contributed by atoms with Gasteiger partial charge in [-0.3, -0.25) is 0 Å². The predicted octanol–water partition coefficient (Wildman–Crippen LogP) is 0.889. The molecule has 0 aromatic rings. The van der Waals surface area contributed by atoms with Crippen LogP contribution in [0.25, 0.3) is 0 Å². The van der Waals surface area contributed by atoms with Gasteiger partial charge in [0.2, 0.25) is 0 Å². The van der Waals surface area contributed by atoms with Gasteiger partial charge in [-0.25, -0.2) is 0 Å². The zero-order valence-electron chi connectivity index (χ0n) is 7.59. The van der Waals surface area contributed by atoms with Crippen LogP contribution >= 0.6 is 0 Å². The Morgan fingerprint density at radius 2 is 1.62 bits per heavy atom. The molecule has 0 aliphatic heterocycles. The van der Waals surface area contributed by atoms with Crippen LogP contribution in [0.5, 0.6) is 0 Å².